The second kappa shape index (κ2) is 6.96. The van der Waals surface area contributed by atoms with E-state index in [1.54, 1.807) is 7.11 Å². The van der Waals surface area contributed by atoms with Gasteiger partial charge in [0.25, 0.3) is 0 Å². The van der Waals surface area contributed by atoms with Crippen molar-refractivity contribution in [3.63, 3.8) is 0 Å². The Balaban J connectivity index is 2.03. The summed E-state index contributed by atoms with van der Waals surface area (Å²) in [6.07, 6.45) is 0.853. The van der Waals surface area contributed by atoms with Gasteiger partial charge in [0.2, 0.25) is 0 Å². The van der Waals surface area contributed by atoms with Crippen LogP contribution in [0.3, 0.4) is 0 Å². The Hall–Kier alpha value is -2.00. The summed E-state index contributed by atoms with van der Waals surface area (Å²) in [7, 11) is 1.67. The Morgan fingerprint density at radius 2 is 1.90 bits per heavy atom. The average Bonchev–Trinajstić information content (AvgIpc) is 2.45. The number of para-hydroxylation sites is 1. The van der Waals surface area contributed by atoms with Gasteiger partial charge in [-0.2, -0.15) is 0 Å². The van der Waals surface area contributed by atoms with Gasteiger partial charge in [-0.3, -0.25) is 0 Å². The number of benzene rings is 2. The van der Waals surface area contributed by atoms with Crippen LogP contribution in [0.25, 0.3) is 0 Å². The van der Waals surface area contributed by atoms with E-state index in [-0.39, 0.29) is 6.04 Å². The van der Waals surface area contributed by atoms with Crippen LogP contribution in [0, 0.1) is 0 Å². The molecule has 0 aliphatic carbocycles. The van der Waals surface area contributed by atoms with Crippen LogP contribution in [-0.4, -0.2) is 13.2 Å². The number of nitrogens with two attached hydrogens (primary N) is 1. The van der Waals surface area contributed by atoms with E-state index in [0.29, 0.717) is 6.61 Å². The maximum absolute atomic E-state index is 5.84. The van der Waals surface area contributed by atoms with E-state index in [1.807, 2.05) is 49.4 Å². The van der Waals surface area contributed by atoms with Crippen LogP contribution in [0.5, 0.6) is 11.5 Å². The molecule has 0 aliphatic heterocycles. The van der Waals surface area contributed by atoms with E-state index in [2.05, 4.69) is 6.07 Å². The Labute approximate surface area is 120 Å². The summed E-state index contributed by atoms with van der Waals surface area (Å²) in [5, 5.41) is 0. The number of rotatable bonds is 6. The molecule has 1 unspecified atom stereocenters. The third kappa shape index (κ3) is 4.00. The topological polar surface area (TPSA) is 44.5 Å². The highest BCUT2D eigenvalue weighted by atomic mass is 16.5. The summed E-state index contributed by atoms with van der Waals surface area (Å²) in [6, 6.07) is 16.1. The van der Waals surface area contributed by atoms with Crippen LogP contribution in [0.15, 0.2) is 48.5 Å². The van der Waals surface area contributed by atoms with Gasteiger partial charge >= 0.3 is 0 Å². The van der Waals surface area contributed by atoms with Crippen molar-refractivity contribution in [2.24, 2.45) is 5.73 Å². The molecule has 0 amide bonds. The first-order chi connectivity index (χ1) is 9.69. The molecule has 2 rings (SSSR count). The minimum absolute atomic E-state index is 0.152. The summed E-state index contributed by atoms with van der Waals surface area (Å²) in [4.78, 5) is 0. The van der Waals surface area contributed by atoms with Gasteiger partial charge in [0.05, 0.1) is 7.11 Å². The fourth-order valence-electron chi connectivity index (χ4n) is 2.12. The molecule has 3 heteroatoms. The zero-order chi connectivity index (χ0) is 14.4. The first kappa shape index (κ1) is 14.4. The van der Waals surface area contributed by atoms with Crippen molar-refractivity contribution in [1.82, 2.24) is 0 Å². The third-order valence-electron chi connectivity index (χ3n) is 3.04. The first-order valence-corrected chi connectivity index (χ1v) is 6.78. The van der Waals surface area contributed by atoms with Crippen LogP contribution >= 0.6 is 0 Å². The predicted octanol–water partition coefficient (Wildman–Crippen LogP) is 3.16. The zero-order valence-electron chi connectivity index (χ0n) is 12.0. The van der Waals surface area contributed by atoms with E-state index in [1.165, 1.54) is 5.56 Å². The second-order valence-electron chi connectivity index (χ2n) is 4.93. The quantitative estimate of drug-likeness (QED) is 0.877. The molecule has 0 fully saturated rings. The highest BCUT2D eigenvalue weighted by Crippen LogP contribution is 2.21. The van der Waals surface area contributed by atoms with Crippen molar-refractivity contribution < 1.29 is 9.47 Å². The lowest BCUT2D eigenvalue weighted by Crippen LogP contribution is -2.17. The van der Waals surface area contributed by atoms with E-state index >= 15 is 0 Å². The molecule has 2 aromatic carbocycles. The Kier molecular flexibility index (Phi) is 5.02. The highest BCUT2D eigenvalue weighted by molar-refractivity contribution is 5.34. The van der Waals surface area contributed by atoms with Crippen molar-refractivity contribution in [2.45, 2.75) is 26.0 Å². The maximum atomic E-state index is 5.84. The SMILES string of the molecule is COc1ccccc1COc1cccc(CC(C)N)c1. The molecular formula is C17H21NO2. The van der Waals surface area contributed by atoms with Crippen molar-refractivity contribution in [2.75, 3.05) is 7.11 Å². The van der Waals surface area contributed by atoms with E-state index < -0.39 is 0 Å². The number of ether oxygens (including phenoxy) is 2. The molecule has 3 nitrogen and oxygen atoms in total. The summed E-state index contributed by atoms with van der Waals surface area (Å²) in [6.45, 7) is 2.49. The van der Waals surface area contributed by atoms with Crippen LogP contribution in [0.4, 0.5) is 0 Å². The lowest BCUT2D eigenvalue weighted by molar-refractivity contribution is 0.296. The Morgan fingerprint density at radius 3 is 2.65 bits per heavy atom. The number of hydrogen-bond acceptors (Lipinski definition) is 3. The predicted molar refractivity (Wildman–Crippen MR) is 81.1 cm³/mol. The van der Waals surface area contributed by atoms with Crippen LogP contribution in [-0.2, 0) is 13.0 Å². The van der Waals surface area contributed by atoms with E-state index in [9.17, 15) is 0 Å². The summed E-state index contributed by atoms with van der Waals surface area (Å²) < 4.78 is 11.1. The number of methoxy groups -OCH3 is 1. The second-order valence-corrected chi connectivity index (χ2v) is 4.93. The minimum Gasteiger partial charge on any atom is -0.496 e. The van der Waals surface area contributed by atoms with Gasteiger partial charge < -0.3 is 15.2 Å². The average molecular weight is 271 g/mol. The molecule has 0 saturated carbocycles. The molecule has 0 radical (unpaired) electrons. The molecule has 0 aliphatic rings. The molecule has 2 N–H and O–H groups in total. The van der Waals surface area contributed by atoms with Crippen molar-refractivity contribution in [3.8, 4) is 11.5 Å². The minimum atomic E-state index is 0.152. The van der Waals surface area contributed by atoms with Gasteiger partial charge in [-0.15, -0.1) is 0 Å². The normalized spacial score (nSPS) is 11.9. The highest BCUT2D eigenvalue weighted by Gasteiger charge is 2.04. The molecule has 0 bridgehead atoms. The molecule has 106 valence electrons. The third-order valence-corrected chi connectivity index (χ3v) is 3.04. The molecule has 0 heterocycles. The van der Waals surface area contributed by atoms with E-state index in [0.717, 1.165) is 23.5 Å². The van der Waals surface area contributed by atoms with E-state index in [4.69, 9.17) is 15.2 Å². The lowest BCUT2D eigenvalue weighted by Gasteiger charge is -2.11. The van der Waals surface area contributed by atoms with Gasteiger partial charge in [-0.25, -0.2) is 0 Å². The molecule has 0 saturated heterocycles. The summed E-state index contributed by atoms with van der Waals surface area (Å²) in [5.41, 5.74) is 8.05. The van der Waals surface area contributed by atoms with Crippen molar-refractivity contribution in [3.05, 3.63) is 59.7 Å². The molecule has 0 spiro atoms. The summed E-state index contributed by atoms with van der Waals surface area (Å²) >= 11 is 0. The monoisotopic (exact) mass is 271 g/mol. The largest absolute Gasteiger partial charge is 0.496 e. The van der Waals surface area contributed by atoms with Gasteiger partial charge in [0.1, 0.15) is 18.1 Å². The van der Waals surface area contributed by atoms with Crippen LogP contribution < -0.4 is 15.2 Å². The molecule has 2 aromatic rings. The maximum Gasteiger partial charge on any atom is 0.125 e. The number of hydrogen-bond donors (Lipinski definition) is 1. The van der Waals surface area contributed by atoms with Gasteiger partial charge in [0.15, 0.2) is 0 Å². The van der Waals surface area contributed by atoms with Crippen molar-refractivity contribution in [1.29, 1.82) is 0 Å². The molecule has 20 heavy (non-hydrogen) atoms. The first-order valence-electron chi connectivity index (χ1n) is 6.78. The van der Waals surface area contributed by atoms with Gasteiger partial charge in [-0.05, 0) is 37.1 Å². The van der Waals surface area contributed by atoms with Crippen molar-refractivity contribution >= 4 is 0 Å². The summed E-state index contributed by atoms with van der Waals surface area (Å²) in [5.74, 6) is 1.70. The lowest BCUT2D eigenvalue weighted by atomic mass is 10.1. The fraction of sp³-hybridized carbons (Fsp3) is 0.294. The van der Waals surface area contributed by atoms with Gasteiger partial charge in [0, 0.05) is 11.6 Å². The molecule has 1 atom stereocenters. The fourth-order valence-corrected chi connectivity index (χ4v) is 2.12. The van der Waals surface area contributed by atoms with Gasteiger partial charge in [-0.1, -0.05) is 30.3 Å². The molecule has 0 aromatic heterocycles. The smallest absolute Gasteiger partial charge is 0.125 e. The Morgan fingerprint density at radius 1 is 1.10 bits per heavy atom. The van der Waals surface area contributed by atoms with Crippen LogP contribution in [0.1, 0.15) is 18.1 Å². The molecular weight excluding hydrogens is 250 g/mol. The standard InChI is InChI=1S/C17H21NO2/c1-13(18)10-14-6-5-8-16(11-14)20-12-15-7-3-4-9-17(15)19-2/h3-9,11,13H,10,12,18H2,1-2H3. The zero-order valence-corrected chi connectivity index (χ0v) is 12.0. The Bertz CT molecular complexity index is 552. The van der Waals surface area contributed by atoms with Crippen LogP contribution in [0.2, 0.25) is 0 Å².